The van der Waals surface area contributed by atoms with Gasteiger partial charge in [0.25, 0.3) is 0 Å². The Labute approximate surface area is 74.7 Å². The van der Waals surface area contributed by atoms with Crippen LogP contribution < -0.4 is 11.5 Å². The van der Waals surface area contributed by atoms with E-state index in [4.69, 9.17) is 34.7 Å². The maximum atomic E-state index is 5.23. The minimum absolute atomic E-state index is 0. The van der Waals surface area contributed by atoms with E-state index < -0.39 is 4.84 Å². The Bertz CT molecular complexity index is 128. The quantitative estimate of drug-likeness (QED) is 0.298. The average Bonchev–Trinajstić information content (AvgIpc) is 1.63. The average molecular weight is 205 g/mol. The van der Waals surface area contributed by atoms with E-state index in [9.17, 15) is 0 Å². The fraction of sp³-hybridized carbons (Fsp3) is 0.333. The summed E-state index contributed by atoms with van der Waals surface area (Å²) in [6.45, 7) is 0. The van der Waals surface area contributed by atoms with Crippen LogP contribution in [0.3, 0.4) is 0 Å². The van der Waals surface area contributed by atoms with Gasteiger partial charge in [-0.1, -0.05) is 23.2 Å². The normalized spacial score (nSPS) is 9.50. The maximum Gasteiger partial charge on any atom is 0.211 e. The predicted molar refractivity (Wildman–Crippen MR) is 47.0 cm³/mol. The second kappa shape index (κ2) is 6.92. The zero-order chi connectivity index (χ0) is 7.28. The van der Waals surface area contributed by atoms with Crippen LogP contribution in [0.2, 0.25) is 0 Å². The summed E-state index contributed by atoms with van der Waals surface area (Å²) >= 11 is 10.5. The molecule has 0 aromatic carbocycles. The summed E-state index contributed by atoms with van der Waals surface area (Å²) < 4.78 is 0. The standard InChI is InChI=1S/C3H6Cl2N4.ClH/c4-2(5)1-8-9-3(6)7;/h1-2H,(H4,6,7,9);1H/b8-1+;. The molecule has 0 amide bonds. The molecule has 0 aliphatic rings. The molecule has 60 valence electrons. The fourth-order valence-electron chi connectivity index (χ4n) is 0.150. The molecule has 0 aliphatic heterocycles. The molecule has 7 heteroatoms. The second-order valence-corrected chi connectivity index (χ2v) is 2.29. The first-order chi connectivity index (χ1) is 4.13. The third kappa shape index (κ3) is 10.7. The molecule has 0 saturated heterocycles. The molecule has 0 aliphatic carbocycles. The van der Waals surface area contributed by atoms with E-state index >= 15 is 0 Å². The number of halogens is 3. The molecule has 0 aromatic rings. The lowest BCUT2D eigenvalue weighted by atomic mass is 10.9. The molecule has 0 atom stereocenters. The molecular formula is C3H7Cl3N4. The van der Waals surface area contributed by atoms with Crippen LogP contribution in [0.5, 0.6) is 0 Å². The second-order valence-electron chi connectivity index (χ2n) is 1.12. The highest BCUT2D eigenvalue weighted by molar-refractivity contribution is 6.51. The zero-order valence-electron chi connectivity index (χ0n) is 4.87. The van der Waals surface area contributed by atoms with Crippen molar-refractivity contribution in [3.63, 3.8) is 0 Å². The lowest BCUT2D eigenvalue weighted by Gasteiger charge is -1.84. The van der Waals surface area contributed by atoms with Gasteiger partial charge in [0.15, 0.2) is 0 Å². The Morgan fingerprint density at radius 1 is 1.40 bits per heavy atom. The molecule has 10 heavy (non-hydrogen) atoms. The van der Waals surface area contributed by atoms with Crippen LogP contribution in [0.1, 0.15) is 0 Å². The summed E-state index contributed by atoms with van der Waals surface area (Å²) in [5.41, 5.74) is 9.81. The molecule has 0 aromatic heterocycles. The minimum Gasteiger partial charge on any atom is -0.369 e. The van der Waals surface area contributed by atoms with Gasteiger partial charge in [-0.05, 0) is 0 Å². The Morgan fingerprint density at radius 2 is 1.90 bits per heavy atom. The molecular weight excluding hydrogens is 198 g/mol. The van der Waals surface area contributed by atoms with Crippen molar-refractivity contribution in [3.05, 3.63) is 0 Å². The summed E-state index contributed by atoms with van der Waals surface area (Å²) in [6, 6.07) is 0. The van der Waals surface area contributed by atoms with Crippen molar-refractivity contribution < 1.29 is 0 Å². The monoisotopic (exact) mass is 204 g/mol. The first kappa shape index (κ1) is 12.5. The number of hydrogen-bond acceptors (Lipinski definition) is 2. The van der Waals surface area contributed by atoms with E-state index in [1.807, 2.05) is 0 Å². The summed E-state index contributed by atoms with van der Waals surface area (Å²) in [7, 11) is 0. The van der Waals surface area contributed by atoms with Gasteiger partial charge < -0.3 is 11.5 Å². The number of guanidine groups is 1. The van der Waals surface area contributed by atoms with Gasteiger partial charge in [0, 0.05) is 0 Å². The molecule has 0 radical (unpaired) electrons. The topological polar surface area (TPSA) is 76.8 Å². The highest BCUT2D eigenvalue weighted by Crippen LogP contribution is 1.95. The molecule has 4 nitrogen and oxygen atoms in total. The smallest absolute Gasteiger partial charge is 0.211 e. The van der Waals surface area contributed by atoms with Gasteiger partial charge in [0.05, 0.1) is 6.21 Å². The molecule has 0 unspecified atom stereocenters. The SMILES string of the molecule is Cl.NC(N)=N/N=C/C(Cl)Cl. The van der Waals surface area contributed by atoms with Crippen LogP contribution in [-0.4, -0.2) is 17.0 Å². The van der Waals surface area contributed by atoms with E-state index in [1.165, 1.54) is 6.21 Å². The van der Waals surface area contributed by atoms with Crippen LogP contribution in [0.4, 0.5) is 0 Å². The van der Waals surface area contributed by atoms with E-state index in [-0.39, 0.29) is 18.4 Å². The number of nitrogens with two attached hydrogens (primary N) is 2. The lowest BCUT2D eigenvalue weighted by molar-refractivity contribution is 1.21. The molecule has 0 heterocycles. The van der Waals surface area contributed by atoms with Gasteiger partial charge >= 0.3 is 0 Å². The third-order valence-electron chi connectivity index (χ3n) is 0.353. The number of alkyl halides is 2. The van der Waals surface area contributed by atoms with Crippen molar-refractivity contribution in [1.82, 2.24) is 0 Å². The number of hydrogen-bond donors (Lipinski definition) is 2. The van der Waals surface area contributed by atoms with E-state index in [0.717, 1.165) is 0 Å². The summed E-state index contributed by atoms with van der Waals surface area (Å²) in [4.78, 5) is -0.673. The van der Waals surface area contributed by atoms with Gasteiger partial charge in [-0.15, -0.1) is 17.5 Å². The van der Waals surface area contributed by atoms with E-state index in [1.54, 1.807) is 0 Å². The van der Waals surface area contributed by atoms with Crippen molar-refractivity contribution >= 4 is 47.8 Å². The van der Waals surface area contributed by atoms with Gasteiger partial charge in [-0.2, -0.15) is 5.10 Å². The van der Waals surface area contributed by atoms with Crippen molar-refractivity contribution in [2.24, 2.45) is 21.7 Å². The van der Waals surface area contributed by atoms with Gasteiger partial charge in [0.1, 0.15) is 4.84 Å². The van der Waals surface area contributed by atoms with Crippen molar-refractivity contribution in [2.75, 3.05) is 0 Å². The highest BCUT2D eigenvalue weighted by Gasteiger charge is 1.87. The molecule has 0 bridgehead atoms. The van der Waals surface area contributed by atoms with Gasteiger partial charge in [-0.3, -0.25) is 0 Å². The van der Waals surface area contributed by atoms with Crippen LogP contribution in [0.15, 0.2) is 10.2 Å². The van der Waals surface area contributed by atoms with Crippen molar-refractivity contribution in [2.45, 2.75) is 4.84 Å². The summed E-state index contributed by atoms with van der Waals surface area (Å²) in [6.07, 6.45) is 1.20. The van der Waals surface area contributed by atoms with E-state index in [2.05, 4.69) is 10.2 Å². The van der Waals surface area contributed by atoms with Gasteiger partial charge in [-0.25, -0.2) is 0 Å². The Hall–Kier alpha value is -0.190. The van der Waals surface area contributed by atoms with Crippen LogP contribution in [0, 0.1) is 0 Å². The first-order valence-corrected chi connectivity index (χ1v) is 2.90. The molecule has 4 N–H and O–H groups in total. The maximum absolute atomic E-state index is 5.23. The van der Waals surface area contributed by atoms with E-state index in [0.29, 0.717) is 0 Å². The van der Waals surface area contributed by atoms with Crippen LogP contribution in [0.25, 0.3) is 0 Å². The Morgan fingerprint density at radius 3 is 2.20 bits per heavy atom. The molecule has 0 rings (SSSR count). The zero-order valence-corrected chi connectivity index (χ0v) is 7.20. The molecule has 0 spiro atoms. The number of rotatable bonds is 2. The first-order valence-electron chi connectivity index (χ1n) is 2.03. The predicted octanol–water partition coefficient (Wildman–Crippen LogP) is 0.471. The van der Waals surface area contributed by atoms with Gasteiger partial charge in [0.2, 0.25) is 5.96 Å². The van der Waals surface area contributed by atoms with Crippen molar-refractivity contribution in [3.8, 4) is 0 Å². The molecule has 0 fully saturated rings. The summed E-state index contributed by atoms with van der Waals surface area (Å²) in [5.74, 6) is -0.125. The highest BCUT2D eigenvalue weighted by atomic mass is 35.5. The Kier molecular flexibility index (Phi) is 8.64. The summed E-state index contributed by atoms with van der Waals surface area (Å²) in [5, 5.41) is 6.56. The molecule has 0 saturated carbocycles. The van der Waals surface area contributed by atoms with Crippen molar-refractivity contribution in [1.29, 1.82) is 0 Å². The van der Waals surface area contributed by atoms with Crippen LogP contribution >= 0.6 is 35.6 Å². The lowest BCUT2D eigenvalue weighted by Crippen LogP contribution is -2.21. The number of nitrogens with zero attached hydrogens (tertiary/aromatic N) is 2. The van der Waals surface area contributed by atoms with Crippen LogP contribution in [-0.2, 0) is 0 Å². The minimum atomic E-state index is -0.673. The Balaban J connectivity index is 0. The fourth-order valence-corrected chi connectivity index (χ4v) is 0.251. The third-order valence-corrected chi connectivity index (χ3v) is 0.578. The largest absolute Gasteiger partial charge is 0.369 e.